The van der Waals surface area contributed by atoms with Crippen molar-refractivity contribution >= 4 is 5.97 Å². The van der Waals surface area contributed by atoms with Gasteiger partial charge in [0.05, 0.1) is 40.0 Å². The first-order chi connectivity index (χ1) is 14.3. The number of esters is 1. The average Bonchev–Trinajstić information content (AvgIpc) is 2.75. The third-order valence-corrected chi connectivity index (χ3v) is 4.30. The van der Waals surface area contributed by atoms with E-state index in [1.165, 1.54) is 7.11 Å². The third-order valence-electron chi connectivity index (χ3n) is 4.30. The molecule has 0 N–H and O–H groups in total. The molecule has 0 amide bonds. The van der Waals surface area contributed by atoms with Gasteiger partial charge in [0.15, 0.2) is 23.0 Å². The highest BCUT2D eigenvalue weighted by molar-refractivity contribution is 5.69. The number of para-hydroxylation sites is 4. The van der Waals surface area contributed by atoms with Crippen LogP contribution in [-0.4, -0.2) is 52.7 Å². The quantitative estimate of drug-likeness (QED) is 0.715. The van der Waals surface area contributed by atoms with E-state index < -0.39 is 0 Å². The summed E-state index contributed by atoms with van der Waals surface area (Å²) < 4.78 is 33.8. The summed E-state index contributed by atoms with van der Waals surface area (Å²) in [5.74, 6) is 1.95. The van der Waals surface area contributed by atoms with Gasteiger partial charge < -0.3 is 28.4 Å². The molecule has 7 heteroatoms. The smallest absolute Gasteiger partial charge is 0.306 e. The number of hydrogen-bond donors (Lipinski definition) is 0. The van der Waals surface area contributed by atoms with E-state index in [0.717, 1.165) is 0 Å². The first kappa shape index (κ1) is 20.8. The van der Waals surface area contributed by atoms with E-state index in [1.807, 2.05) is 48.5 Å². The number of methoxy groups -OCH3 is 1. The van der Waals surface area contributed by atoms with Crippen molar-refractivity contribution in [2.24, 2.45) is 5.92 Å². The molecular weight excluding hydrogens is 376 g/mol. The van der Waals surface area contributed by atoms with E-state index in [1.54, 1.807) is 0 Å². The zero-order valence-corrected chi connectivity index (χ0v) is 16.5. The second-order valence-corrected chi connectivity index (χ2v) is 6.47. The Morgan fingerprint density at radius 3 is 1.69 bits per heavy atom. The van der Waals surface area contributed by atoms with E-state index in [0.29, 0.717) is 49.4 Å². The Bertz CT molecular complexity index is 722. The zero-order chi connectivity index (χ0) is 20.3. The first-order valence-corrected chi connectivity index (χ1v) is 9.60. The Labute approximate surface area is 170 Å². The summed E-state index contributed by atoms with van der Waals surface area (Å²) in [6.07, 6.45) is 0.177. The molecule has 1 aliphatic heterocycles. The van der Waals surface area contributed by atoms with E-state index in [4.69, 9.17) is 28.4 Å². The van der Waals surface area contributed by atoms with Gasteiger partial charge >= 0.3 is 5.97 Å². The lowest BCUT2D eigenvalue weighted by Gasteiger charge is -2.20. The fourth-order valence-electron chi connectivity index (χ4n) is 2.80. The van der Waals surface area contributed by atoms with Gasteiger partial charge in [-0.3, -0.25) is 4.79 Å². The molecule has 0 spiro atoms. The zero-order valence-electron chi connectivity index (χ0n) is 16.5. The average molecular weight is 402 g/mol. The highest BCUT2D eigenvalue weighted by Gasteiger charge is 2.19. The van der Waals surface area contributed by atoms with Crippen molar-refractivity contribution < 1.29 is 33.2 Å². The van der Waals surface area contributed by atoms with Gasteiger partial charge in [0, 0.05) is 5.92 Å². The van der Waals surface area contributed by atoms with Crippen molar-refractivity contribution in [2.75, 3.05) is 46.8 Å². The lowest BCUT2D eigenvalue weighted by atomic mass is 10.1. The predicted molar refractivity (Wildman–Crippen MR) is 106 cm³/mol. The highest BCUT2D eigenvalue weighted by Crippen LogP contribution is 2.29. The van der Waals surface area contributed by atoms with Crippen molar-refractivity contribution in [3.8, 4) is 23.0 Å². The Morgan fingerprint density at radius 2 is 1.24 bits per heavy atom. The van der Waals surface area contributed by atoms with Crippen LogP contribution in [-0.2, 0) is 14.3 Å². The minimum Gasteiger partial charge on any atom is -0.489 e. The topological polar surface area (TPSA) is 72.5 Å². The molecular formula is C22H26O7. The Kier molecular flexibility index (Phi) is 8.01. The summed E-state index contributed by atoms with van der Waals surface area (Å²) in [5.41, 5.74) is 0. The van der Waals surface area contributed by atoms with E-state index in [-0.39, 0.29) is 31.5 Å². The lowest BCUT2D eigenvalue weighted by Crippen LogP contribution is -2.24. The molecule has 2 aromatic carbocycles. The molecule has 0 saturated carbocycles. The summed E-state index contributed by atoms with van der Waals surface area (Å²) in [4.78, 5) is 11.8. The maximum atomic E-state index is 11.8. The number of benzene rings is 2. The van der Waals surface area contributed by atoms with Gasteiger partial charge in [-0.1, -0.05) is 24.3 Å². The SMILES string of the molecule is COC(=O)CC1COc2ccccc2OCCOCCOc2ccccc2OC1. The molecule has 2 aromatic rings. The predicted octanol–water partition coefficient (Wildman–Crippen LogP) is 3.11. The molecule has 0 aliphatic carbocycles. The number of ether oxygens (including phenoxy) is 6. The van der Waals surface area contributed by atoms with Crippen LogP contribution in [0.3, 0.4) is 0 Å². The van der Waals surface area contributed by atoms with Crippen molar-refractivity contribution in [1.82, 2.24) is 0 Å². The molecule has 0 saturated heterocycles. The second kappa shape index (κ2) is 11.2. The molecule has 0 bridgehead atoms. The van der Waals surface area contributed by atoms with Crippen LogP contribution in [0.1, 0.15) is 6.42 Å². The van der Waals surface area contributed by atoms with Gasteiger partial charge in [-0.25, -0.2) is 0 Å². The molecule has 1 heterocycles. The number of carbonyl (C=O) groups excluding carboxylic acids is 1. The fraction of sp³-hybridized carbons (Fsp3) is 0.409. The van der Waals surface area contributed by atoms with Crippen LogP contribution < -0.4 is 18.9 Å². The molecule has 3 rings (SSSR count). The van der Waals surface area contributed by atoms with Crippen LogP contribution in [0, 0.1) is 5.92 Å². The van der Waals surface area contributed by atoms with Crippen LogP contribution >= 0.6 is 0 Å². The summed E-state index contributed by atoms with van der Waals surface area (Å²) in [6, 6.07) is 14.8. The largest absolute Gasteiger partial charge is 0.489 e. The van der Waals surface area contributed by atoms with Gasteiger partial charge in [-0.05, 0) is 24.3 Å². The number of rotatable bonds is 2. The highest BCUT2D eigenvalue weighted by atomic mass is 16.6. The molecule has 0 radical (unpaired) electrons. The van der Waals surface area contributed by atoms with Crippen molar-refractivity contribution in [3.05, 3.63) is 48.5 Å². The standard InChI is InChI=1S/C22H26O7/c1-24-22(23)14-17-15-28-20-8-4-2-6-18(20)26-12-10-25-11-13-27-19-7-3-5-9-21(19)29-16-17/h2-9,17H,10-16H2,1H3. The molecule has 156 valence electrons. The third kappa shape index (κ3) is 6.57. The van der Waals surface area contributed by atoms with Gasteiger partial charge in [-0.2, -0.15) is 0 Å². The summed E-state index contributed by atoms with van der Waals surface area (Å²) in [5, 5.41) is 0. The van der Waals surface area contributed by atoms with E-state index >= 15 is 0 Å². The molecule has 0 fully saturated rings. The van der Waals surface area contributed by atoms with Crippen LogP contribution in [0.25, 0.3) is 0 Å². The number of carbonyl (C=O) groups is 1. The fourth-order valence-corrected chi connectivity index (χ4v) is 2.80. The molecule has 0 atom stereocenters. The van der Waals surface area contributed by atoms with Gasteiger partial charge in [0.2, 0.25) is 0 Å². The molecule has 29 heavy (non-hydrogen) atoms. The molecule has 0 aromatic heterocycles. The minimum atomic E-state index is -0.317. The monoisotopic (exact) mass is 402 g/mol. The second-order valence-electron chi connectivity index (χ2n) is 6.47. The summed E-state index contributed by atoms with van der Waals surface area (Å²) >= 11 is 0. The van der Waals surface area contributed by atoms with E-state index in [9.17, 15) is 4.79 Å². The normalized spacial score (nSPS) is 16.0. The van der Waals surface area contributed by atoms with Crippen LogP contribution in [0.2, 0.25) is 0 Å². The van der Waals surface area contributed by atoms with Crippen molar-refractivity contribution in [1.29, 1.82) is 0 Å². The van der Waals surface area contributed by atoms with E-state index in [2.05, 4.69) is 0 Å². The maximum absolute atomic E-state index is 11.8. The van der Waals surface area contributed by atoms with Crippen molar-refractivity contribution in [2.45, 2.75) is 6.42 Å². The first-order valence-electron chi connectivity index (χ1n) is 9.60. The van der Waals surface area contributed by atoms with Crippen LogP contribution in [0.4, 0.5) is 0 Å². The van der Waals surface area contributed by atoms with Crippen molar-refractivity contribution in [3.63, 3.8) is 0 Å². The molecule has 0 unspecified atom stereocenters. The number of hydrogen-bond acceptors (Lipinski definition) is 7. The van der Waals surface area contributed by atoms with Crippen LogP contribution in [0.5, 0.6) is 23.0 Å². The Hall–Kier alpha value is -2.93. The van der Waals surface area contributed by atoms with Crippen LogP contribution in [0.15, 0.2) is 48.5 Å². The lowest BCUT2D eigenvalue weighted by molar-refractivity contribution is -0.142. The minimum absolute atomic E-state index is 0.177. The molecule has 7 nitrogen and oxygen atoms in total. The Balaban J connectivity index is 1.76. The van der Waals surface area contributed by atoms with Gasteiger partial charge in [-0.15, -0.1) is 0 Å². The maximum Gasteiger partial charge on any atom is 0.306 e. The summed E-state index contributed by atoms with van der Waals surface area (Å²) in [6.45, 7) is 2.20. The number of fused-ring (bicyclic) bond motifs is 2. The Morgan fingerprint density at radius 1 is 0.793 bits per heavy atom. The van der Waals surface area contributed by atoms with Gasteiger partial charge in [0.1, 0.15) is 13.2 Å². The molecule has 1 aliphatic rings. The van der Waals surface area contributed by atoms with Gasteiger partial charge in [0.25, 0.3) is 0 Å². The summed E-state index contributed by atoms with van der Waals surface area (Å²) in [7, 11) is 1.37.